The average Bonchev–Trinajstić information content (AvgIpc) is 0.811. The van der Waals surface area contributed by atoms with Crippen LogP contribution in [0, 0.1) is 0 Å². The molecule has 0 aliphatic carbocycles. The van der Waals surface area contributed by atoms with Crippen molar-refractivity contribution in [3.8, 4) is 0 Å². The van der Waals surface area contributed by atoms with Crippen LogP contribution in [0.15, 0.2) is 0 Å². The van der Waals surface area contributed by atoms with E-state index in [4.69, 9.17) is 28.3 Å². The van der Waals surface area contributed by atoms with Crippen molar-refractivity contribution in [1.82, 2.24) is 0 Å². The molecule has 0 aromatic rings. The Hall–Kier alpha value is 1.32. The minimum atomic E-state index is -1.94. The summed E-state index contributed by atoms with van der Waals surface area (Å²) in [5.74, 6) is 0. The van der Waals surface area contributed by atoms with E-state index in [0.29, 0.717) is 0 Å². The summed E-state index contributed by atoms with van der Waals surface area (Å²) in [6.45, 7) is 0. The molecule has 0 saturated heterocycles. The molecule has 0 spiro atoms. The molecule has 0 radical (unpaired) electrons. The van der Waals surface area contributed by atoms with Gasteiger partial charge in [-0.3, -0.25) is 0 Å². The molecule has 0 aliphatic heterocycles. The predicted octanol–water partition coefficient (Wildman–Crippen LogP) is -2.88. The van der Waals surface area contributed by atoms with Gasteiger partial charge in [0.2, 0.25) is 0 Å². The Labute approximate surface area is 75.3 Å². The number of hydrogen-bond donors (Lipinski definition) is 0. The van der Waals surface area contributed by atoms with Crippen molar-refractivity contribution in [2.75, 3.05) is 0 Å². The summed E-state index contributed by atoms with van der Waals surface area (Å²) < 4.78 is 0. The molecule has 0 heterocycles. The van der Waals surface area contributed by atoms with Gasteiger partial charge in [0.1, 0.15) is 0 Å². The van der Waals surface area contributed by atoms with Gasteiger partial charge in [-0.05, 0) is 0 Å². The van der Waals surface area contributed by atoms with Crippen LogP contribution >= 0.6 is 28.3 Å². The zero-order valence-electron chi connectivity index (χ0n) is 4.54. The summed E-state index contributed by atoms with van der Waals surface area (Å²) in [6.07, 6.45) is 0. The molecule has 0 aliphatic rings. The van der Waals surface area contributed by atoms with Gasteiger partial charge in [0.05, 0.1) is 0 Å². The molecule has 0 saturated carbocycles. The fraction of sp³-hybridized carbons (Fsp3) is 0. The molecular weight excluding hydrogens is 298 g/mol. The maximum absolute atomic E-state index is 4.98. The Bertz CT molecular complexity index is 17.7. The van der Waals surface area contributed by atoms with E-state index in [1.165, 1.54) is 0 Å². The van der Waals surface area contributed by atoms with Gasteiger partial charge in [0.25, 0.3) is 0 Å². The third kappa shape index (κ3) is 371. The van der Waals surface area contributed by atoms with Gasteiger partial charge in [-0.2, -0.15) is 0 Å². The first kappa shape index (κ1) is 64.6. The van der Waals surface area contributed by atoms with Gasteiger partial charge < -0.3 is 32.9 Å². The second kappa shape index (κ2) is 48.0. The number of halogens is 3. The van der Waals surface area contributed by atoms with Crippen LogP contribution in [0.4, 0.5) is 0 Å². The SMILES string of the molecule is O.O.O.O.O.O.[Cl][Mo]([Cl])[Cl]. The van der Waals surface area contributed by atoms with E-state index in [-0.39, 0.29) is 32.9 Å². The maximum atomic E-state index is 4.98. The molecule has 0 rings (SSSR count). The predicted molar refractivity (Wildman–Crippen MR) is 39.2 cm³/mol. The van der Waals surface area contributed by atoms with Crippen LogP contribution < -0.4 is 0 Å². The Morgan fingerprint density at radius 2 is 0.500 bits per heavy atom. The van der Waals surface area contributed by atoms with Crippen molar-refractivity contribution in [2.24, 2.45) is 0 Å². The standard InChI is InChI=1S/3ClH.Mo.6H2O/h3*1H;;6*1H2/q;;;+3;;;;;;/p-3. The summed E-state index contributed by atoms with van der Waals surface area (Å²) in [5.41, 5.74) is 0. The third-order valence-corrected chi connectivity index (χ3v) is 0. The van der Waals surface area contributed by atoms with Crippen molar-refractivity contribution in [3.05, 3.63) is 0 Å². The van der Waals surface area contributed by atoms with Crippen LogP contribution in [0.3, 0.4) is 0 Å². The zero-order chi connectivity index (χ0) is 3.58. The molecule has 6 nitrogen and oxygen atoms in total. The van der Waals surface area contributed by atoms with E-state index in [1.807, 2.05) is 0 Å². The Kier molecular flexibility index (Phi) is 310. The second-order valence-electron chi connectivity index (χ2n) is 0.175. The summed E-state index contributed by atoms with van der Waals surface area (Å²) in [4.78, 5) is 0. The normalized spacial score (nSPS) is 3.60. The van der Waals surface area contributed by atoms with Gasteiger partial charge in [-0.25, -0.2) is 0 Å². The van der Waals surface area contributed by atoms with E-state index < -0.39 is 14.2 Å². The van der Waals surface area contributed by atoms with Crippen LogP contribution in [0.2, 0.25) is 0 Å². The van der Waals surface area contributed by atoms with E-state index in [2.05, 4.69) is 0 Å². The van der Waals surface area contributed by atoms with Gasteiger partial charge >= 0.3 is 42.4 Å². The quantitative estimate of drug-likeness (QED) is 0.416. The summed E-state index contributed by atoms with van der Waals surface area (Å²) in [7, 11) is 14.9. The second-order valence-corrected chi connectivity index (χ2v) is 9.32. The molecule has 0 amide bonds. The van der Waals surface area contributed by atoms with E-state index in [1.54, 1.807) is 0 Å². The molecule has 0 aromatic heterocycles. The molecule has 0 unspecified atom stereocenters. The van der Waals surface area contributed by atoms with Gasteiger partial charge in [0, 0.05) is 0 Å². The topological polar surface area (TPSA) is 189 Å². The minimum absolute atomic E-state index is 0. The van der Waals surface area contributed by atoms with Crippen LogP contribution in [-0.2, 0) is 14.2 Å². The van der Waals surface area contributed by atoms with Crippen molar-refractivity contribution < 1.29 is 47.0 Å². The van der Waals surface area contributed by atoms with Crippen molar-refractivity contribution in [1.29, 1.82) is 0 Å². The Balaban J connectivity index is -0.00000000300. The van der Waals surface area contributed by atoms with E-state index >= 15 is 0 Å². The van der Waals surface area contributed by atoms with Crippen LogP contribution in [-0.4, -0.2) is 32.9 Å². The molecule has 0 fully saturated rings. The van der Waals surface area contributed by atoms with Gasteiger partial charge in [-0.1, -0.05) is 0 Å². The van der Waals surface area contributed by atoms with E-state index in [0.717, 1.165) is 0 Å². The number of rotatable bonds is 0. The van der Waals surface area contributed by atoms with Crippen LogP contribution in [0.1, 0.15) is 0 Å². The summed E-state index contributed by atoms with van der Waals surface area (Å²) >= 11 is -1.94. The fourth-order valence-electron chi connectivity index (χ4n) is 0. The molecule has 0 bridgehead atoms. The summed E-state index contributed by atoms with van der Waals surface area (Å²) in [6, 6.07) is 0. The van der Waals surface area contributed by atoms with E-state index in [9.17, 15) is 0 Å². The first-order valence-electron chi connectivity index (χ1n) is 0.463. The number of hydrogen-bond acceptors (Lipinski definition) is 0. The van der Waals surface area contributed by atoms with Crippen LogP contribution in [0.5, 0.6) is 0 Å². The van der Waals surface area contributed by atoms with Gasteiger partial charge in [0.15, 0.2) is 0 Å². The Morgan fingerprint density at radius 1 is 0.500 bits per heavy atom. The third-order valence-electron chi connectivity index (χ3n) is 0. The molecular formula is H12Cl3MoO6. The van der Waals surface area contributed by atoms with Crippen LogP contribution in [0.25, 0.3) is 0 Å². The first-order chi connectivity index (χ1) is 1.73. The average molecular weight is 310 g/mol. The molecule has 75 valence electrons. The molecule has 0 aromatic carbocycles. The van der Waals surface area contributed by atoms with Gasteiger partial charge in [-0.15, -0.1) is 0 Å². The summed E-state index contributed by atoms with van der Waals surface area (Å²) in [5, 5.41) is 0. The molecule has 10 heavy (non-hydrogen) atoms. The van der Waals surface area contributed by atoms with Crippen molar-refractivity contribution in [2.45, 2.75) is 0 Å². The first-order valence-corrected chi connectivity index (χ1v) is 8.22. The Morgan fingerprint density at radius 3 is 0.500 bits per heavy atom. The zero-order valence-corrected chi connectivity index (χ0v) is 8.82. The molecule has 0 atom stereocenters. The fourth-order valence-corrected chi connectivity index (χ4v) is 0. The monoisotopic (exact) mass is 311 g/mol. The van der Waals surface area contributed by atoms with Crippen molar-refractivity contribution >= 4 is 28.3 Å². The molecule has 12 N–H and O–H groups in total. The van der Waals surface area contributed by atoms with Crippen molar-refractivity contribution in [3.63, 3.8) is 0 Å². The molecule has 10 heteroatoms.